The molecule has 1 aromatic carbocycles. The molecule has 5 heteroatoms. The fourth-order valence-corrected chi connectivity index (χ4v) is 2.06. The van der Waals surface area contributed by atoms with E-state index in [9.17, 15) is 14.3 Å². The second kappa shape index (κ2) is 5.93. The van der Waals surface area contributed by atoms with Crippen molar-refractivity contribution in [2.24, 2.45) is 0 Å². The van der Waals surface area contributed by atoms with Crippen LogP contribution < -0.4 is 10.6 Å². The Kier molecular flexibility index (Phi) is 4.28. The lowest BCUT2D eigenvalue weighted by Crippen LogP contribution is -2.37. The van der Waals surface area contributed by atoms with E-state index in [1.54, 1.807) is 12.1 Å². The van der Waals surface area contributed by atoms with Gasteiger partial charge >= 0.3 is 0 Å². The third-order valence-electron chi connectivity index (χ3n) is 3.05. The van der Waals surface area contributed by atoms with E-state index in [-0.39, 0.29) is 17.8 Å². The molecule has 0 bridgehead atoms. The van der Waals surface area contributed by atoms with Crippen LogP contribution in [0.25, 0.3) is 0 Å². The maximum absolute atomic E-state index is 13.0. The van der Waals surface area contributed by atoms with Crippen molar-refractivity contribution in [1.82, 2.24) is 10.6 Å². The van der Waals surface area contributed by atoms with Gasteiger partial charge in [-0.15, -0.1) is 0 Å². The Balaban J connectivity index is 1.75. The van der Waals surface area contributed by atoms with Crippen LogP contribution in [-0.2, 0) is 4.79 Å². The van der Waals surface area contributed by atoms with Crippen molar-refractivity contribution in [3.05, 3.63) is 35.6 Å². The minimum Gasteiger partial charge on any atom is -0.387 e. The molecule has 2 rings (SSSR count). The van der Waals surface area contributed by atoms with Gasteiger partial charge in [-0.1, -0.05) is 12.1 Å². The number of aliphatic hydroxyl groups excluding tert-OH is 1. The number of amides is 1. The molecule has 3 N–H and O–H groups in total. The van der Waals surface area contributed by atoms with Crippen LogP contribution in [-0.4, -0.2) is 30.1 Å². The first-order valence-electron chi connectivity index (χ1n) is 6.09. The fourth-order valence-electron chi connectivity index (χ4n) is 2.06. The van der Waals surface area contributed by atoms with Gasteiger partial charge < -0.3 is 15.7 Å². The normalized spacial score (nSPS) is 20.8. The molecule has 0 spiro atoms. The highest BCUT2D eigenvalue weighted by atomic mass is 19.1. The maximum atomic E-state index is 13.0. The van der Waals surface area contributed by atoms with Gasteiger partial charge in [-0.2, -0.15) is 0 Å². The molecule has 4 nitrogen and oxygen atoms in total. The summed E-state index contributed by atoms with van der Waals surface area (Å²) in [5.41, 5.74) is 0.554. The average Bonchev–Trinajstić information content (AvgIpc) is 2.75. The minimum absolute atomic E-state index is 0.0764. The van der Waals surface area contributed by atoms with Crippen molar-refractivity contribution in [1.29, 1.82) is 0 Å². The summed E-state index contributed by atoms with van der Waals surface area (Å²) in [4.78, 5) is 11.0. The molecule has 0 aliphatic carbocycles. The highest BCUT2D eigenvalue weighted by molar-refractivity contribution is 5.78. The van der Waals surface area contributed by atoms with E-state index in [0.717, 1.165) is 6.42 Å². The van der Waals surface area contributed by atoms with Gasteiger partial charge in [0.2, 0.25) is 5.91 Å². The van der Waals surface area contributed by atoms with Crippen LogP contribution in [0.15, 0.2) is 24.3 Å². The lowest BCUT2D eigenvalue weighted by Gasteiger charge is -2.15. The molecular weight excluding hydrogens is 235 g/mol. The van der Waals surface area contributed by atoms with E-state index in [2.05, 4.69) is 10.6 Å². The van der Waals surface area contributed by atoms with Crippen molar-refractivity contribution in [2.45, 2.75) is 25.0 Å². The van der Waals surface area contributed by atoms with Crippen molar-refractivity contribution < 1.29 is 14.3 Å². The Morgan fingerprint density at radius 2 is 2.39 bits per heavy atom. The van der Waals surface area contributed by atoms with Gasteiger partial charge in [0.05, 0.1) is 6.10 Å². The molecule has 18 heavy (non-hydrogen) atoms. The first-order valence-corrected chi connectivity index (χ1v) is 6.09. The van der Waals surface area contributed by atoms with Crippen LogP contribution in [0.3, 0.4) is 0 Å². The summed E-state index contributed by atoms with van der Waals surface area (Å²) < 4.78 is 13.0. The molecule has 2 atom stereocenters. The molecule has 2 unspecified atom stereocenters. The van der Waals surface area contributed by atoms with Crippen molar-refractivity contribution >= 4 is 5.91 Å². The van der Waals surface area contributed by atoms with Crippen LogP contribution >= 0.6 is 0 Å². The standard InChI is InChI=1S/C13H17FN2O2/c14-10-3-1-2-9(6-10)12(17)8-15-7-11-4-5-13(18)16-11/h1-3,6,11-12,15,17H,4-5,7-8H2,(H,16,18). The third-order valence-corrected chi connectivity index (χ3v) is 3.05. The molecule has 1 amide bonds. The van der Waals surface area contributed by atoms with Gasteiger partial charge in [-0.25, -0.2) is 4.39 Å². The van der Waals surface area contributed by atoms with Gasteiger partial charge in [-0.3, -0.25) is 4.79 Å². The van der Waals surface area contributed by atoms with Crippen molar-refractivity contribution in [2.75, 3.05) is 13.1 Å². The van der Waals surface area contributed by atoms with Gasteiger partial charge in [0.15, 0.2) is 0 Å². The molecule has 1 aliphatic rings. The SMILES string of the molecule is O=C1CCC(CNCC(O)c2cccc(F)c2)N1. The summed E-state index contributed by atoms with van der Waals surface area (Å²) in [5, 5.41) is 15.8. The summed E-state index contributed by atoms with van der Waals surface area (Å²) in [6.07, 6.45) is 0.651. The third kappa shape index (κ3) is 3.51. The van der Waals surface area contributed by atoms with Crippen molar-refractivity contribution in [3.8, 4) is 0 Å². The molecule has 0 radical (unpaired) electrons. The van der Waals surface area contributed by atoms with E-state index in [4.69, 9.17) is 0 Å². The van der Waals surface area contributed by atoms with E-state index in [1.807, 2.05) is 0 Å². The highest BCUT2D eigenvalue weighted by Gasteiger charge is 2.20. The molecule has 1 aromatic rings. The second-order valence-electron chi connectivity index (χ2n) is 4.53. The molecule has 1 aliphatic heterocycles. The zero-order chi connectivity index (χ0) is 13.0. The number of hydrogen-bond acceptors (Lipinski definition) is 3. The van der Waals surface area contributed by atoms with Crippen LogP contribution in [0.4, 0.5) is 4.39 Å². The van der Waals surface area contributed by atoms with E-state index >= 15 is 0 Å². The number of nitrogens with one attached hydrogen (secondary N) is 2. The molecule has 0 saturated carbocycles. The summed E-state index contributed by atoms with van der Waals surface area (Å²) in [7, 11) is 0. The predicted molar refractivity (Wildman–Crippen MR) is 65.4 cm³/mol. The number of aliphatic hydroxyl groups is 1. The molecule has 1 saturated heterocycles. The largest absolute Gasteiger partial charge is 0.387 e. The Hall–Kier alpha value is -1.46. The zero-order valence-electron chi connectivity index (χ0n) is 10.0. The molecule has 98 valence electrons. The second-order valence-corrected chi connectivity index (χ2v) is 4.53. The quantitative estimate of drug-likeness (QED) is 0.724. The van der Waals surface area contributed by atoms with Crippen LogP contribution in [0.1, 0.15) is 24.5 Å². The number of carbonyl (C=O) groups excluding carboxylic acids is 1. The number of carbonyl (C=O) groups is 1. The first-order chi connectivity index (χ1) is 8.65. The molecule has 1 fully saturated rings. The van der Waals surface area contributed by atoms with Crippen LogP contribution in [0, 0.1) is 5.82 Å². The molecule has 0 aromatic heterocycles. The Labute approximate surface area is 105 Å². The van der Waals surface area contributed by atoms with Gasteiger partial charge in [0.25, 0.3) is 0 Å². The summed E-state index contributed by atoms with van der Waals surface area (Å²) in [6.45, 7) is 0.966. The fraction of sp³-hybridized carbons (Fsp3) is 0.462. The van der Waals surface area contributed by atoms with E-state index < -0.39 is 6.10 Å². The number of benzene rings is 1. The zero-order valence-corrected chi connectivity index (χ0v) is 10.0. The Morgan fingerprint density at radius 3 is 3.06 bits per heavy atom. The number of halogens is 1. The minimum atomic E-state index is -0.738. The lowest BCUT2D eigenvalue weighted by atomic mass is 10.1. The van der Waals surface area contributed by atoms with Gasteiger partial charge in [0.1, 0.15) is 5.82 Å². The van der Waals surface area contributed by atoms with Crippen molar-refractivity contribution in [3.63, 3.8) is 0 Å². The van der Waals surface area contributed by atoms with Crippen LogP contribution in [0.2, 0.25) is 0 Å². The Bertz CT molecular complexity index is 425. The summed E-state index contributed by atoms with van der Waals surface area (Å²) in [6, 6.07) is 6.07. The van der Waals surface area contributed by atoms with E-state index in [0.29, 0.717) is 25.1 Å². The highest BCUT2D eigenvalue weighted by Crippen LogP contribution is 2.13. The first kappa shape index (κ1) is 13.0. The smallest absolute Gasteiger partial charge is 0.220 e. The number of hydrogen-bond donors (Lipinski definition) is 3. The predicted octanol–water partition coefficient (Wildman–Crippen LogP) is 0.727. The summed E-state index contributed by atoms with van der Waals surface area (Å²) >= 11 is 0. The van der Waals surface area contributed by atoms with Crippen LogP contribution in [0.5, 0.6) is 0 Å². The van der Waals surface area contributed by atoms with Gasteiger partial charge in [0, 0.05) is 25.6 Å². The lowest BCUT2D eigenvalue weighted by molar-refractivity contribution is -0.119. The summed E-state index contributed by atoms with van der Waals surface area (Å²) in [5.74, 6) is -0.276. The van der Waals surface area contributed by atoms with E-state index in [1.165, 1.54) is 12.1 Å². The topological polar surface area (TPSA) is 61.4 Å². The van der Waals surface area contributed by atoms with Gasteiger partial charge in [-0.05, 0) is 24.1 Å². The molecular formula is C13H17FN2O2. The number of rotatable bonds is 5. The average molecular weight is 252 g/mol. The maximum Gasteiger partial charge on any atom is 0.220 e. The Morgan fingerprint density at radius 1 is 1.56 bits per heavy atom. The molecule has 1 heterocycles. The monoisotopic (exact) mass is 252 g/mol.